The zero-order chi connectivity index (χ0) is 12.0. The van der Waals surface area contributed by atoms with Crippen molar-refractivity contribution in [2.45, 2.75) is 19.9 Å². The van der Waals surface area contributed by atoms with Gasteiger partial charge in [0.1, 0.15) is 5.75 Å². The maximum Gasteiger partial charge on any atom is 0.258 e. The molecule has 0 saturated heterocycles. The van der Waals surface area contributed by atoms with Gasteiger partial charge in [-0.05, 0) is 38.1 Å². The van der Waals surface area contributed by atoms with Crippen molar-refractivity contribution in [2.75, 3.05) is 6.61 Å². The second kappa shape index (κ2) is 5.90. The van der Waals surface area contributed by atoms with Crippen LogP contribution < -0.4 is 10.1 Å². The fraction of sp³-hybridized carbons (Fsp3) is 0.333. The smallest absolute Gasteiger partial charge is 0.258 e. The number of ether oxygens (including phenoxy) is 1. The van der Waals surface area contributed by atoms with E-state index >= 15 is 0 Å². The van der Waals surface area contributed by atoms with E-state index in [0.29, 0.717) is 11.3 Å². The highest BCUT2D eigenvalue weighted by Crippen LogP contribution is 2.10. The predicted octanol–water partition coefficient (Wildman–Crippen LogP) is 1.05. The maximum absolute atomic E-state index is 11.3. The van der Waals surface area contributed by atoms with Crippen LogP contribution in [0.15, 0.2) is 24.3 Å². The molecule has 0 fully saturated rings. The zero-order valence-corrected chi connectivity index (χ0v) is 9.32. The van der Waals surface area contributed by atoms with Crippen LogP contribution in [0.5, 0.6) is 5.75 Å². The average molecular weight is 220 g/mol. The minimum absolute atomic E-state index is 0.0255. The van der Waals surface area contributed by atoms with Crippen molar-refractivity contribution >= 4 is 12.2 Å². The van der Waals surface area contributed by atoms with Crippen molar-refractivity contribution < 1.29 is 14.3 Å². The Hall–Kier alpha value is -1.84. The summed E-state index contributed by atoms with van der Waals surface area (Å²) in [5.74, 6) is 0.388. The van der Waals surface area contributed by atoms with E-state index in [1.807, 2.05) is 13.8 Å². The molecule has 0 saturated carbocycles. The summed E-state index contributed by atoms with van der Waals surface area (Å²) in [4.78, 5) is 21.5. The lowest BCUT2D eigenvalue weighted by molar-refractivity contribution is -0.123. The van der Waals surface area contributed by atoms with Gasteiger partial charge in [0.2, 0.25) is 6.29 Å². The number of carbonyl (C=O) groups excluding carboxylic acids is 2. The summed E-state index contributed by atoms with van der Waals surface area (Å²) >= 11 is 0. The van der Waals surface area contributed by atoms with E-state index in [0.717, 1.165) is 0 Å². The van der Waals surface area contributed by atoms with E-state index in [1.54, 1.807) is 30.6 Å². The van der Waals surface area contributed by atoms with Gasteiger partial charge in [0.15, 0.2) is 6.61 Å². The summed E-state index contributed by atoms with van der Waals surface area (Å²) in [6.45, 7) is 3.74. The van der Waals surface area contributed by atoms with Crippen molar-refractivity contribution in [1.82, 2.24) is 5.32 Å². The van der Waals surface area contributed by atoms with Gasteiger partial charge in [-0.15, -0.1) is 0 Å². The van der Waals surface area contributed by atoms with Crippen molar-refractivity contribution in [1.29, 1.82) is 0 Å². The van der Waals surface area contributed by atoms with Crippen molar-refractivity contribution in [3.63, 3.8) is 0 Å². The molecule has 0 aromatic heterocycles. The highest BCUT2D eigenvalue weighted by Gasteiger charge is 2.03. The number of hydrogen-bond donors (Lipinski definition) is 1. The van der Waals surface area contributed by atoms with Crippen LogP contribution in [0.25, 0.3) is 0 Å². The minimum Gasteiger partial charge on any atom is -0.484 e. The molecular weight excluding hydrogens is 206 g/mol. The second-order valence-corrected chi connectivity index (χ2v) is 3.64. The van der Waals surface area contributed by atoms with Crippen LogP contribution in [0, 0.1) is 0 Å². The molecule has 0 heterocycles. The fourth-order valence-corrected chi connectivity index (χ4v) is 1.13. The van der Waals surface area contributed by atoms with Crippen molar-refractivity contribution in [3.05, 3.63) is 29.8 Å². The van der Waals surface area contributed by atoms with Gasteiger partial charge >= 0.3 is 0 Å². The molecular formula is C12H14NO3. The largest absolute Gasteiger partial charge is 0.484 e. The number of rotatable bonds is 5. The van der Waals surface area contributed by atoms with Crippen LogP contribution in [0.2, 0.25) is 0 Å². The van der Waals surface area contributed by atoms with Gasteiger partial charge < -0.3 is 10.1 Å². The summed E-state index contributed by atoms with van der Waals surface area (Å²) in [6.07, 6.45) is 1.76. The lowest BCUT2D eigenvalue weighted by Crippen LogP contribution is -2.34. The highest BCUT2D eigenvalue weighted by molar-refractivity contribution is 5.78. The summed E-state index contributed by atoms with van der Waals surface area (Å²) in [5, 5.41) is 2.71. The quantitative estimate of drug-likeness (QED) is 0.806. The first-order valence-electron chi connectivity index (χ1n) is 5.02. The Morgan fingerprint density at radius 1 is 1.38 bits per heavy atom. The van der Waals surface area contributed by atoms with Crippen LogP contribution in [0.4, 0.5) is 0 Å². The van der Waals surface area contributed by atoms with E-state index in [2.05, 4.69) is 5.32 Å². The Labute approximate surface area is 94.6 Å². The van der Waals surface area contributed by atoms with Gasteiger partial charge in [-0.2, -0.15) is 0 Å². The molecule has 16 heavy (non-hydrogen) atoms. The Bertz CT molecular complexity index is 357. The summed E-state index contributed by atoms with van der Waals surface area (Å²) < 4.78 is 5.23. The molecule has 4 nitrogen and oxygen atoms in total. The van der Waals surface area contributed by atoms with Gasteiger partial charge in [0, 0.05) is 11.6 Å². The van der Waals surface area contributed by atoms with Crippen molar-refractivity contribution in [3.8, 4) is 5.75 Å². The Balaban J connectivity index is 2.42. The van der Waals surface area contributed by atoms with Gasteiger partial charge in [-0.25, -0.2) is 0 Å². The normalized spacial score (nSPS) is 9.94. The number of carbonyl (C=O) groups is 1. The standard InChI is InChI=1S/C12H14NO3/c1-9(2)13-12(15)8-16-11-5-3-10(7-14)4-6-11/h3-6,9H,8H2,1-2H3,(H,13,15). The molecule has 0 aliphatic carbocycles. The molecule has 1 rings (SSSR count). The number of nitrogens with one attached hydrogen (secondary N) is 1. The molecule has 1 radical (unpaired) electrons. The van der Waals surface area contributed by atoms with E-state index in [-0.39, 0.29) is 18.6 Å². The summed E-state index contributed by atoms with van der Waals surface area (Å²) in [7, 11) is 0. The monoisotopic (exact) mass is 220 g/mol. The molecule has 0 spiro atoms. The molecule has 0 atom stereocenters. The molecule has 85 valence electrons. The van der Waals surface area contributed by atoms with E-state index in [9.17, 15) is 9.59 Å². The molecule has 1 aromatic rings. The van der Waals surface area contributed by atoms with Gasteiger partial charge in [0.05, 0.1) is 0 Å². The van der Waals surface area contributed by atoms with Crippen LogP contribution in [-0.2, 0) is 9.59 Å². The zero-order valence-electron chi connectivity index (χ0n) is 9.32. The van der Waals surface area contributed by atoms with Crippen molar-refractivity contribution in [2.24, 2.45) is 0 Å². The molecule has 0 unspecified atom stereocenters. The second-order valence-electron chi connectivity index (χ2n) is 3.64. The third-order valence-corrected chi connectivity index (χ3v) is 1.79. The summed E-state index contributed by atoms with van der Waals surface area (Å²) in [6, 6.07) is 6.53. The van der Waals surface area contributed by atoms with Crippen LogP contribution >= 0.6 is 0 Å². The molecule has 0 aliphatic rings. The third kappa shape index (κ3) is 4.13. The Morgan fingerprint density at radius 3 is 2.50 bits per heavy atom. The minimum atomic E-state index is -0.166. The molecule has 0 aliphatic heterocycles. The van der Waals surface area contributed by atoms with Gasteiger partial charge in [0.25, 0.3) is 5.91 Å². The van der Waals surface area contributed by atoms with Crippen LogP contribution in [-0.4, -0.2) is 24.8 Å². The first-order chi connectivity index (χ1) is 7.61. The maximum atomic E-state index is 11.3. The fourth-order valence-electron chi connectivity index (χ4n) is 1.13. The Kier molecular flexibility index (Phi) is 4.51. The summed E-state index contributed by atoms with van der Waals surface area (Å²) in [5.41, 5.74) is 0.457. The first-order valence-corrected chi connectivity index (χ1v) is 5.02. The molecule has 1 aromatic carbocycles. The molecule has 1 amide bonds. The molecule has 1 N–H and O–H groups in total. The van der Waals surface area contributed by atoms with Crippen LogP contribution in [0.1, 0.15) is 19.4 Å². The van der Waals surface area contributed by atoms with Crippen LogP contribution in [0.3, 0.4) is 0 Å². The third-order valence-electron chi connectivity index (χ3n) is 1.79. The first kappa shape index (κ1) is 12.2. The van der Waals surface area contributed by atoms with Gasteiger partial charge in [-0.1, -0.05) is 0 Å². The van der Waals surface area contributed by atoms with Gasteiger partial charge in [-0.3, -0.25) is 9.59 Å². The number of amides is 1. The molecule has 0 bridgehead atoms. The predicted molar refractivity (Wildman–Crippen MR) is 60.0 cm³/mol. The highest BCUT2D eigenvalue weighted by atomic mass is 16.5. The lowest BCUT2D eigenvalue weighted by atomic mass is 10.2. The Morgan fingerprint density at radius 2 is 2.00 bits per heavy atom. The number of hydrogen-bond acceptors (Lipinski definition) is 3. The van der Waals surface area contributed by atoms with E-state index in [1.165, 1.54) is 0 Å². The molecule has 4 heteroatoms. The topological polar surface area (TPSA) is 55.4 Å². The number of benzene rings is 1. The lowest BCUT2D eigenvalue weighted by Gasteiger charge is -2.09. The SMILES string of the molecule is CC(C)NC(=O)COc1ccc([C]=O)cc1. The van der Waals surface area contributed by atoms with E-state index < -0.39 is 0 Å². The van der Waals surface area contributed by atoms with E-state index in [4.69, 9.17) is 4.74 Å². The average Bonchev–Trinajstić information content (AvgIpc) is 2.26.